The normalized spacial score (nSPS) is 19.4. The van der Waals surface area contributed by atoms with Crippen LogP contribution in [0.2, 0.25) is 0 Å². The molecule has 2 atom stereocenters. The largest absolute Gasteiger partial charge is 0.341 e. The van der Waals surface area contributed by atoms with Crippen LogP contribution in [-0.4, -0.2) is 21.6 Å². The van der Waals surface area contributed by atoms with Gasteiger partial charge in [-0.3, -0.25) is 14.3 Å². The third-order valence-corrected chi connectivity index (χ3v) is 4.54. The van der Waals surface area contributed by atoms with Crippen LogP contribution in [0.1, 0.15) is 37.4 Å². The molecule has 1 aromatic heterocycles. The van der Waals surface area contributed by atoms with E-state index in [1.54, 1.807) is 10.9 Å². The lowest BCUT2D eigenvalue weighted by Gasteiger charge is -2.31. The highest BCUT2D eigenvalue weighted by Crippen LogP contribution is 2.33. The summed E-state index contributed by atoms with van der Waals surface area (Å²) < 4.78 is 1.69. The summed E-state index contributed by atoms with van der Waals surface area (Å²) in [6, 6.07) is 7.95. The van der Waals surface area contributed by atoms with E-state index >= 15 is 0 Å². The fraction of sp³-hybridized carbons (Fsp3) is 0.389. The first-order valence-electron chi connectivity index (χ1n) is 8.30. The number of carbonyl (C=O) groups is 2. The highest BCUT2D eigenvalue weighted by atomic mass is 16.2. The van der Waals surface area contributed by atoms with Gasteiger partial charge < -0.3 is 10.6 Å². The summed E-state index contributed by atoms with van der Waals surface area (Å²) in [4.78, 5) is 24.4. The van der Waals surface area contributed by atoms with Crippen molar-refractivity contribution in [1.29, 1.82) is 0 Å². The van der Waals surface area contributed by atoms with Gasteiger partial charge in [0.05, 0.1) is 17.9 Å². The zero-order chi connectivity index (χ0) is 17.1. The lowest BCUT2D eigenvalue weighted by molar-refractivity contribution is -0.136. The van der Waals surface area contributed by atoms with Gasteiger partial charge in [-0.15, -0.1) is 0 Å². The minimum Gasteiger partial charge on any atom is -0.341 e. The number of amides is 2. The number of hydrogen-bond acceptors (Lipinski definition) is 3. The molecule has 1 aliphatic carbocycles. The molecule has 0 saturated carbocycles. The quantitative estimate of drug-likeness (QED) is 0.850. The fourth-order valence-electron chi connectivity index (χ4n) is 3.14. The number of nitrogens with zero attached hydrogens (tertiary/aromatic N) is 2. The molecule has 0 fully saturated rings. The van der Waals surface area contributed by atoms with Gasteiger partial charge in [0.2, 0.25) is 0 Å². The first-order valence-corrected chi connectivity index (χ1v) is 8.30. The number of aromatic nitrogens is 2. The molecule has 6 heteroatoms. The molecule has 24 heavy (non-hydrogen) atoms. The van der Waals surface area contributed by atoms with E-state index in [9.17, 15) is 9.59 Å². The highest BCUT2D eigenvalue weighted by molar-refractivity contribution is 6.39. The maximum Gasteiger partial charge on any atom is 0.313 e. The van der Waals surface area contributed by atoms with Crippen molar-refractivity contribution in [3.8, 4) is 0 Å². The standard InChI is InChI=1S/C18H22N4O2/c1-3-22-11-14(10-19-22)20-17(23)18(24)21-16-12(2)8-9-13-6-4-5-7-15(13)16/h4-7,10-12,16H,3,8-9H2,1-2H3,(H,20,23)(H,21,24)/t12-,16-/m1/s1. The van der Waals surface area contributed by atoms with Crippen molar-refractivity contribution in [1.82, 2.24) is 15.1 Å². The Morgan fingerprint density at radius 1 is 1.29 bits per heavy atom. The molecule has 1 aromatic carbocycles. The van der Waals surface area contributed by atoms with Crippen LogP contribution >= 0.6 is 0 Å². The maximum atomic E-state index is 12.3. The van der Waals surface area contributed by atoms with Crippen LogP contribution in [-0.2, 0) is 22.6 Å². The first-order chi connectivity index (χ1) is 11.6. The second kappa shape index (κ2) is 6.86. The minimum absolute atomic E-state index is 0.133. The van der Waals surface area contributed by atoms with Crippen molar-refractivity contribution in [2.75, 3.05) is 5.32 Å². The predicted octanol–water partition coefficient (Wildman–Crippen LogP) is 2.28. The number of aryl methyl sites for hydroxylation is 2. The van der Waals surface area contributed by atoms with Crippen molar-refractivity contribution >= 4 is 17.5 Å². The molecule has 2 N–H and O–H groups in total. The average molecular weight is 326 g/mol. The van der Waals surface area contributed by atoms with Gasteiger partial charge in [0.25, 0.3) is 0 Å². The molecule has 0 saturated heterocycles. The Balaban J connectivity index is 1.68. The van der Waals surface area contributed by atoms with E-state index in [-0.39, 0.29) is 6.04 Å². The minimum atomic E-state index is -0.666. The maximum absolute atomic E-state index is 12.3. The summed E-state index contributed by atoms with van der Waals surface area (Å²) in [5.74, 6) is -0.992. The average Bonchev–Trinajstić information content (AvgIpc) is 3.05. The molecule has 2 amide bonds. The van der Waals surface area contributed by atoms with Crippen molar-refractivity contribution in [3.63, 3.8) is 0 Å². The lowest BCUT2D eigenvalue weighted by Crippen LogP contribution is -2.41. The van der Waals surface area contributed by atoms with Crippen molar-refractivity contribution in [3.05, 3.63) is 47.8 Å². The van der Waals surface area contributed by atoms with Gasteiger partial charge in [-0.25, -0.2) is 0 Å². The van der Waals surface area contributed by atoms with E-state index in [1.807, 2.05) is 25.1 Å². The topological polar surface area (TPSA) is 76.0 Å². The second-order valence-corrected chi connectivity index (χ2v) is 6.20. The van der Waals surface area contributed by atoms with Crippen LogP contribution in [0.3, 0.4) is 0 Å². The van der Waals surface area contributed by atoms with Gasteiger partial charge in [-0.05, 0) is 36.8 Å². The van der Waals surface area contributed by atoms with Gasteiger partial charge in [-0.1, -0.05) is 31.2 Å². The van der Waals surface area contributed by atoms with Gasteiger partial charge in [0.1, 0.15) is 0 Å². The van der Waals surface area contributed by atoms with Gasteiger partial charge in [0, 0.05) is 12.7 Å². The highest BCUT2D eigenvalue weighted by Gasteiger charge is 2.29. The molecular formula is C18H22N4O2. The summed E-state index contributed by atoms with van der Waals surface area (Å²) >= 11 is 0. The smallest absolute Gasteiger partial charge is 0.313 e. The molecule has 1 heterocycles. The molecule has 0 spiro atoms. The third kappa shape index (κ3) is 3.32. The fourth-order valence-corrected chi connectivity index (χ4v) is 3.14. The molecule has 0 aliphatic heterocycles. The Kier molecular flexibility index (Phi) is 4.64. The Bertz CT molecular complexity index is 753. The molecule has 2 aromatic rings. The van der Waals surface area contributed by atoms with E-state index < -0.39 is 11.8 Å². The van der Waals surface area contributed by atoms with Crippen LogP contribution < -0.4 is 10.6 Å². The van der Waals surface area contributed by atoms with Crippen LogP contribution in [0.5, 0.6) is 0 Å². The lowest BCUT2D eigenvalue weighted by atomic mass is 9.80. The summed E-state index contributed by atoms with van der Waals surface area (Å²) in [6.07, 6.45) is 5.23. The number of rotatable bonds is 3. The predicted molar refractivity (Wildman–Crippen MR) is 91.3 cm³/mol. The van der Waals surface area contributed by atoms with E-state index in [1.165, 1.54) is 11.8 Å². The molecule has 1 aliphatic rings. The Morgan fingerprint density at radius 3 is 2.83 bits per heavy atom. The van der Waals surface area contributed by atoms with Gasteiger partial charge in [0.15, 0.2) is 0 Å². The summed E-state index contributed by atoms with van der Waals surface area (Å²) in [5, 5.41) is 9.55. The van der Waals surface area contributed by atoms with Crippen LogP contribution in [0.15, 0.2) is 36.7 Å². The molecule has 126 valence electrons. The van der Waals surface area contributed by atoms with Crippen molar-refractivity contribution < 1.29 is 9.59 Å². The Hall–Kier alpha value is -2.63. The SMILES string of the molecule is CCn1cc(NC(=O)C(=O)N[C@H]2c3ccccc3CC[C@H]2C)cn1. The number of carbonyl (C=O) groups excluding carboxylic acids is 2. The molecule has 3 rings (SSSR count). The number of anilines is 1. The summed E-state index contributed by atoms with van der Waals surface area (Å²) in [6.45, 7) is 4.76. The third-order valence-electron chi connectivity index (χ3n) is 4.54. The number of nitrogens with one attached hydrogen (secondary N) is 2. The zero-order valence-electron chi connectivity index (χ0n) is 14.0. The molecule has 6 nitrogen and oxygen atoms in total. The summed E-state index contributed by atoms with van der Waals surface area (Å²) in [7, 11) is 0. The first kappa shape index (κ1) is 16.2. The molecular weight excluding hydrogens is 304 g/mol. The van der Waals surface area contributed by atoms with Crippen molar-refractivity contribution in [2.24, 2.45) is 5.92 Å². The van der Waals surface area contributed by atoms with Crippen LogP contribution in [0.4, 0.5) is 5.69 Å². The monoisotopic (exact) mass is 326 g/mol. The number of fused-ring (bicyclic) bond motifs is 1. The van der Waals surface area contributed by atoms with Crippen LogP contribution in [0.25, 0.3) is 0 Å². The zero-order valence-corrected chi connectivity index (χ0v) is 14.0. The van der Waals surface area contributed by atoms with E-state index in [0.717, 1.165) is 18.4 Å². The Morgan fingerprint density at radius 2 is 2.08 bits per heavy atom. The van der Waals surface area contributed by atoms with Crippen molar-refractivity contribution in [2.45, 2.75) is 39.3 Å². The number of hydrogen-bond donors (Lipinski definition) is 2. The van der Waals surface area contributed by atoms with E-state index in [2.05, 4.69) is 28.7 Å². The molecule has 0 radical (unpaired) electrons. The second-order valence-electron chi connectivity index (χ2n) is 6.20. The van der Waals surface area contributed by atoms with Crippen LogP contribution in [0, 0.1) is 5.92 Å². The van der Waals surface area contributed by atoms with Gasteiger partial charge >= 0.3 is 11.8 Å². The van der Waals surface area contributed by atoms with E-state index in [4.69, 9.17) is 0 Å². The molecule has 0 unspecified atom stereocenters. The van der Waals surface area contributed by atoms with E-state index in [0.29, 0.717) is 18.2 Å². The summed E-state index contributed by atoms with van der Waals surface area (Å²) in [5.41, 5.74) is 2.87. The van der Waals surface area contributed by atoms with Gasteiger partial charge in [-0.2, -0.15) is 5.10 Å². The Labute approximate surface area is 141 Å². The molecule has 0 bridgehead atoms. The number of benzene rings is 1.